The highest BCUT2D eigenvalue weighted by atomic mass is 16.5. The summed E-state index contributed by atoms with van der Waals surface area (Å²) in [6.07, 6.45) is 4.46. The number of nitrogens with zero attached hydrogens (tertiary/aromatic N) is 4. The number of rotatable bonds is 7. The normalized spacial score (nSPS) is 16.6. The number of morpholine rings is 1. The molecule has 3 aromatic rings. The number of carbonyl (C=O) groups is 1. The summed E-state index contributed by atoms with van der Waals surface area (Å²) in [6.45, 7) is 5.43. The Kier molecular flexibility index (Phi) is 6.51. The van der Waals surface area contributed by atoms with E-state index in [1.807, 2.05) is 35.8 Å². The second-order valence-corrected chi connectivity index (χ2v) is 7.10. The van der Waals surface area contributed by atoms with Gasteiger partial charge in [-0.05, 0) is 30.2 Å². The summed E-state index contributed by atoms with van der Waals surface area (Å²) in [4.78, 5) is 25.1. The third-order valence-electron chi connectivity index (χ3n) is 4.99. The molecule has 1 saturated heterocycles. The van der Waals surface area contributed by atoms with Crippen LogP contribution in [0.25, 0.3) is 17.2 Å². The molecule has 4 rings (SSSR count). The maximum absolute atomic E-state index is 11.2. The standard InChI is InChI=1S/C21H25N7O3/c1-2-28-13-24-18-20(25-19(26-21(18)28)16-12-22-8-9-31-16)23-11-15-5-3-4-14(10-15)6-7-17(29)27-30/h3-7,10,13,16,22,30H,2,8-9,11-12H2,1H3,(H,27,29)(H,23,25,26)/b7-6+. The van der Waals surface area contributed by atoms with Gasteiger partial charge in [0.2, 0.25) is 0 Å². The number of nitrogens with one attached hydrogen (secondary N) is 3. The summed E-state index contributed by atoms with van der Waals surface area (Å²) in [5.41, 5.74) is 4.91. The van der Waals surface area contributed by atoms with Crippen LogP contribution in [0.3, 0.4) is 0 Å². The van der Waals surface area contributed by atoms with Crippen molar-refractivity contribution in [3.63, 3.8) is 0 Å². The second kappa shape index (κ2) is 9.65. The number of hydrogen-bond acceptors (Lipinski definition) is 8. The van der Waals surface area contributed by atoms with Crippen molar-refractivity contribution < 1.29 is 14.7 Å². The Balaban J connectivity index is 1.58. The van der Waals surface area contributed by atoms with Gasteiger partial charge in [-0.1, -0.05) is 18.2 Å². The van der Waals surface area contributed by atoms with E-state index in [1.165, 1.54) is 6.08 Å². The van der Waals surface area contributed by atoms with Gasteiger partial charge in [0.1, 0.15) is 11.6 Å². The van der Waals surface area contributed by atoms with Crippen LogP contribution in [-0.4, -0.2) is 50.3 Å². The molecule has 1 unspecified atom stereocenters. The average Bonchev–Trinajstić information content (AvgIpc) is 3.25. The number of fused-ring (bicyclic) bond motifs is 1. The summed E-state index contributed by atoms with van der Waals surface area (Å²) in [6, 6.07) is 7.71. The molecule has 31 heavy (non-hydrogen) atoms. The highest BCUT2D eigenvalue weighted by Gasteiger charge is 2.22. The van der Waals surface area contributed by atoms with Crippen LogP contribution < -0.4 is 16.1 Å². The summed E-state index contributed by atoms with van der Waals surface area (Å²) in [5.74, 6) is 0.705. The number of ether oxygens (including phenoxy) is 1. The van der Waals surface area contributed by atoms with Gasteiger partial charge < -0.3 is 19.9 Å². The molecule has 0 aliphatic carbocycles. The number of imidazole rings is 1. The van der Waals surface area contributed by atoms with Crippen molar-refractivity contribution >= 4 is 29.0 Å². The van der Waals surface area contributed by atoms with E-state index in [1.54, 1.807) is 17.9 Å². The lowest BCUT2D eigenvalue weighted by Gasteiger charge is -2.23. The molecule has 2 aromatic heterocycles. The van der Waals surface area contributed by atoms with Gasteiger partial charge >= 0.3 is 0 Å². The molecule has 1 aliphatic rings. The molecule has 10 nitrogen and oxygen atoms in total. The maximum Gasteiger partial charge on any atom is 0.267 e. The maximum atomic E-state index is 11.2. The van der Waals surface area contributed by atoms with Crippen LogP contribution >= 0.6 is 0 Å². The summed E-state index contributed by atoms with van der Waals surface area (Å²) < 4.78 is 7.83. The zero-order valence-electron chi connectivity index (χ0n) is 17.2. The van der Waals surface area contributed by atoms with Crippen LogP contribution in [0.4, 0.5) is 5.82 Å². The van der Waals surface area contributed by atoms with E-state index < -0.39 is 5.91 Å². The summed E-state index contributed by atoms with van der Waals surface area (Å²) >= 11 is 0. The Bertz CT molecular complexity index is 1090. The van der Waals surface area contributed by atoms with E-state index in [0.29, 0.717) is 36.9 Å². The Hall–Kier alpha value is -3.34. The number of aryl methyl sites for hydroxylation is 1. The largest absolute Gasteiger partial charge is 0.368 e. The minimum Gasteiger partial charge on any atom is -0.368 e. The predicted octanol–water partition coefficient (Wildman–Crippen LogP) is 1.64. The molecule has 0 spiro atoms. The number of benzene rings is 1. The highest BCUT2D eigenvalue weighted by molar-refractivity contribution is 5.90. The lowest BCUT2D eigenvalue weighted by Crippen LogP contribution is -2.34. The smallest absolute Gasteiger partial charge is 0.267 e. The van der Waals surface area contributed by atoms with E-state index in [2.05, 4.69) is 15.6 Å². The van der Waals surface area contributed by atoms with Crippen molar-refractivity contribution in [1.82, 2.24) is 30.3 Å². The van der Waals surface area contributed by atoms with E-state index in [9.17, 15) is 4.79 Å². The third-order valence-corrected chi connectivity index (χ3v) is 4.99. The van der Waals surface area contributed by atoms with Crippen LogP contribution in [0.5, 0.6) is 0 Å². The molecule has 162 valence electrons. The number of hydrogen-bond donors (Lipinski definition) is 4. The van der Waals surface area contributed by atoms with Gasteiger partial charge in [0, 0.05) is 32.3 Å². The van der Waals surface area contributed by atoms with Gasteiger partial charge in [-0.3, -0.25) is 10.0 Å². The monoisotopic (exact) mass is 423 g/mol. The minimum atomic E-state index is -0.578. The van der Waals surface area contributed by atoms with E-state index in [0.717, 1.165) is 29.9 Å². The van der Waals surface area contributed by atoms with Gasteiger partial charge in [0.25, 0.3) is 5.91 Å². The van der Waals surface area contributed by atoms with Gasteiger partial charge in [-0.15, -0.1) is 0 Å². The topological polar surface area (TPSA) is 126 Å². The van der Waals surface area contributed by atoms with Crippen molar-refractivity contribution in [1.29, 1.82) is 0 Å². The first-order valence-electron chi connectivity index (χ1n) is 10.2. The molecular weight excluding hydrogens is 398 g/mol. The fourth-order valence-corrected chi connectivity index (χ4v) is 3.39. The summed E-state index contributed by atoms with van der Waals surface area (Å²) in [7, 11) is 0. The molecule has 1 amide bonds. The van der Waals surface area contributed by atoms with Crippen molar-refractivity contribution in [3.8, 4) is 0 Å². The third kappa shape index (κ3) is 4.88. The van der Waals surface area contributed by atoms with Crippen LogP contribution in [0.15, 0.2) is 36.7 Å². The second-order valence-electron chi connectivity index (χ2n) is 7.10. The SMILES string of the molecule is CCn1cnc2c(NCc3cccc(/C=C/C(=O)NO)c3)nc(C3CNCCO3)nc21. The van der Waals surface area contributed by atoms with Crippen molar-refractivity contribution in [2.24, 2.45) is 0 Å². The van der Waals surface area contributed by atoms with Crippen molar-refractivity contribution in [3.05, 3.63) is 53.6 Å². The lowest BCUT2D eigenvalue weighted by molar-refractivity contribution is -0.124. The van der Waals surface area contributed by atoms with Crippen LogP contribution in [-0.2, 0) is 22.6 Å². The first kappa shape index (κ1) is 20.9. The molecule has 3 heterocycles. The molecule has 0 radical (unpaired) electrons. The molecule has 10 heteroatoms. The number of anilines is 1. The number of aromatic nitrogens is 4. The quantitative estimate of drug-likeness (QED) is 0.257. The van der Waals surface area contributed by atoms with Crippen LogP contribution in [0, 0.1) is 0 Å². The number of amides is 1. The minimum absolute atomic E-state index is 0.204. The summed E-state index contributed by atoms with van der Waals surface area (Å²) in [5, 5.41) is 15.3. The van der Waals surface area contributed by atoms with Crippen molar-refractivity contribution in [2.45, 2.75) is 26.1 Å². The first-order chi connectivity index (χ1) is 15.2. The Morgan fingerprint density at radius 3 is 3.10 bits per heavy atom. The fourth-order valence-electron chi connectivity index (χ4n) is 3.39. The molecule has 1 atom stereocenters. The molecular formula is C21H25N7O3. The van der Waals surface area contributed by atoms with Gasteiger partial charge in [-0.2, -0.15) is 0 Å². The van der Waals surface area contributed by atoms with Gasteiger partial charge in [0.05, 0.1) is 12.9 Å². The molecule has 0 bridgehead atoms. The zero-order valence-corrected chi connectivity index (χ0v) is 17.2. The zero-order chi connectivity index (χ0) is 21.6. The Labute approximate surface area is 179 Å². The molecule has 4 N–H and O–H groups in total. The highest BCUT2D eigenvalue weighted by Crippen LogP contribution is 2.24. The Morgan fingerprint density at radius 1 is 1.42 bits per heavy atom. The lowest BCUT2D eigenvalue weighted by atomic mass is 10.1. The van der Waals surface area contributed by atoms with E-state index in [-0.39, 0.29) is 6.10 Å². The number of carbonyl (C=O) groups excluding carboxylic acids is 1. The van der Waals surface area contributed by atoms with Crippen molar-refractivity contribution in [2.75, 3.05) is 25.0 Å². The molecule has 1 fully saturated rings. The van der Waals surface area contributed by atoms with E-state index in [4.69, 9.17) is 19.9 Å². The average molecular weight is 423 g/mol. The number of hydroxylamine groups is 1. The Morgan fingerprint density at radius 2 is 2.32 bits per heavy atom. The first-order valence-corrected chi connectivity index (χ1v) is 10.2. The van der Waals surface area contributed by atoms with Crippen LogP contribution in [0.2, 0.25) is 0 Å². The predicted molar refractivity (Wildman–Crippen MR) is 115 cm³/mol. The van der Waals surface area contributed by atoms with E-state index >= 15 is 0 Å². The van der Waals surface area contributed by atoms with Crippen LogP contribution in [0.1, 0.15) is 30.0 Å². The van der Waals surface area contributed by atoms with Gasteiger partial charge in [0.15, 0.2) is 17.3 Å². The molecule has 0 saturated carbocycles. The molecule has 1 aromatic carbocycles. The fraction of sp³-hybridized carbons (Fsp3) is 0.333. The molecule has 1 aliphatic heterocycles. The van der Waals surface area contributed by atoms with Gasteiger partial charge in [-0.25, -0.2) is 20.4 Å².